The lowest BCUT2D eigenvalue weighted by atomic mass is 10.0. The van der Waals surface area contributed by atoms with E-state index in [4.69, 9.17) is 16.6 Å². The quantitative estimate of drug-likeness (QED) is 0.160. The minimum absolute atomic E-state index is 0.0285. The highest BCUT2D eigenvalue weighted by Crippen LogP contribution is 2.13. The summed E-state index contributed by atoms with van der Waals surface area (Å²) >= 11 is 0. The summed E-state index contributed by atoms with van der Waals surface area (Å²) in [6, 6.07) is 4.11. The van der Waals surface area contributed by atoms with Gasteiger partial charge in [-0.1, -0.05) is 0 Å². The number of nitrogens with zero attached hydrogens (tertiary/aromatic N) is 3. The second kappa shape index (κ2) is 9.47. The third kappa shape index (κ3) is 5.59. The van der Waals surface area contributed by atoms with E-state index in [0.717, 1.165) is 0 Å². The van der Waals surface area contributed by atoms with Crippen LogP contribution in [-0.4, -0.2) is 64.9 Å². The van der Waals surface area contributed by atoms with Gasteiger partial charge in [0.1, 0.15) is 6.04 Å². The minimum Gasteiger partial charge on any atom is -0.480 e. The van der Waals surface area contributed by atoms with E-state index in [1.54, 1.807) is 0 Å². The normalized spacial score (nSPS) is 13.6. The smallest absolute Gasteiger partial charge is 0.351 e. The average Bonchev–Trinajstić information content (AvgIpc) is 2.77. The van der Waals surface area contributed by atoms with E-state index in [1.165, 1.54) is 30.5 Å². The highest BCUT2D eigenvalue weighted by molar-refractivity contribution is 5.97. The Bertz CT molecular complexity index is 1310. The molecule has 2 atom stereocenters. The highest BCUT2D eigenvalue weighted by Gasteiger charge is 2.37. The number of carbonyl (C=O) groups excluding carboxylic acids is 1. The number of carboxylic acids is 2. The summed E-state index contributed by atoms with van der Waals surface area (Å²) in [7, 11) is 0. The number of hydrogen-bond acceptors (Lipinski definition) is 11. The maximum absolute atomic E-state index is 12.4. The van der Waals surface area contributed by atoms with E-state index in [-0.39, 0.29) is 29.2 Å². The van der Waals surface area contributed by atoms with Gasteiger partial charge in [-0.05, 0) is 24.3 Å². The number of nitrogen functional groups attached to an aromatic ring is 1. The molecule has 2 aromatic heterocycles. The summed E-state index contributed by atoms with van der Waals surface area (Å²) in [6.45, 7) is 0.184. The Morgan fingerprint density at radius 3 is 2.44 bits per heavy atom. The van der Waals surface area contributed by atoms with E-state index < -0.39 is 41.6 Å². The van der Waals surface area contributed by atoms with Gasteiger partial charge in [0.05, 0.1) is 18.4 Å². The van der Waals surface area contributed by atoms with Crippen LogP contribution in [0.2, 0.25) is 0 Å². The number of nitrogens with one attached hydrogen (secondary N) is 3. The molecule has 0 saturated carbocycles. The van der Waals surface area contributed by atoms with Gasteiger partial charge in [0, 0.05) is 17.7 Å². The molecule has 15 nitrogen and oxygen atoms in total. The summed E-state index contributed by atoms with van der Waals surface area (Å²) in [5.41, 5.74) is 8.48. The topological polar surface area (TPSA) is 260 Å². The molecule has 0 aliphatic carbocycles. The van der Waals surface area contributed by atoms with Crippen molar-refractivity contribution in [3.8, 4) is 0 Å². The van der Waals surface area contributed by atoms with Crippen molar-refractivity contribution in [2.45, 2.75) is 24.7 Å². The van der Waals surface area contributed by atoms with Gasteiger partial charge in [-0.25, -0.2) is 19.6 Å². The molecule has 0 spiro atoms. The fourth-order valence-electron chi connectivity index (χ4n) is 2.83. The second-order valence-corrected chi connectivity index (χ2v) is 7.21. The van der Waals surface area contributed by atoms with Crippen molar-refractivity contribution in [1.82, 2.24) is 25.3 Å². The Labute approximate surface area is 189 Å². The van der Waals surface area contributed by atoms with Gasteiger partial charge in [-0.3, -0.25) is 20.3 Å². The van der Waals surface area contributed by atoms with Crippen LogP contribution in [0.1, 0.15) is 22.5 Å². The molecule has 1 unspecified atom stereocenters. The average molecular weight is 472 g/mol. The second-order valence-electron chi connectivity index (χ2n) is 7.21. The number of amides is 1. The number of hydrogen-bond donors (Lipinski definition) is 8. The van der Waals surface area contributed by atoms with Crippen LogP contribution in [0.15, 0.2) is 35.3 Å². The number of aliphatic hydroxyl groups is 1. The number of fused-ring (bicyclic) bond motifs is 1. The third-order valence-electron chi connectivity index (χ3n) is 4.60. The van der Waals surface area contributed by atoms with Crippen molar-refractivity contribution in [3.05, 3.63) is 52.1 Å². The molecule has 0 aliphatic rings. The Morgan fingerprint density at radius 1 is 1.15 bits per heavy atom. The van der Waals surface area contributed by atoms with E-state index in [1.807, 2.05) is 0 Å². The first kappa shape index (κ1) is 24.0. The first-order valence-electron chi connectivity index (χ1n) is 9.60. The number of benzene rings is 1. The summed E-state index contributed by atoms with van der Waals surface area (Å²) in [5, 5.41) is 32.8. The Morgan fingerprint density at radius 2 is 1.82 bits per heavy atom. The van der Waals surface area contributed by atoms with Crippen LogP contribution >= 0.6 is 0 Å². The van der Waals surface area contributed by atoms with Gasteiger partial charge in [0.25, 0.3) is 11.5 Å². The highest BCUT2D eigenvalue weighted by atomic mass is 16.4. The molecule has 34 heavy (non-hydrogen) atoms. The first-order valence-corrected chi connectivity index (χ1v) is 9.60. The van der Waals surface area contributed by atoms with Gasteiger partial charge >= 0.3 is 11.9 Å². The van der Waals surface area contributed by atoms with Crippen molar-refractivity contribution in [2.24, 2.45) is 5.73 Å². The van der Waals surface area contributed by atoms with E-state index in [0.29, 0.717) is 11.4 Å². The molecule has 1 amide bonds. The number of carboxylic acid groups (broad SMARTS) is 2. The lowest BCUT2D eigenvalue weighted by Gasteiger charge is -2.22. The molecule has 0 saturated heterocycles. The van der Waals surface area contributed by atoms with Crippen molar-refractivity contribution >= 4 is 40.6 Å². The molecular weight excluding hydrogens is 452 g/mol. The maximum Gasteiger partial charge on any atom is 0.351 e. The number of rotatable bonds is 9. The fraction of sp³-hybridized carbons (Fsp3) is 0.211. The SMILES string of the molecule is Nc1nc2ncc(CNc3ccc(C(=O)N[C@@H](CC(N)(O)C(=O)O)C(=O)O)cc3)nc2c(=O)[nH]1. The Balaban J connectivity index is 1.64. The minimum atomic E-state index is -2.83. The number of H-pyrrole nitrogens is 1. The van der Waals surface area contributed by atoms with Crippen molar-refractivity contribution in [1.29, 1.82) is 0 Å². The Hall–Kier alpha value is -4.63. The lowest BCUT2D eigenvalue weighted by molar-refractivity contribution is -0.160. The molecule has 178 valence electrons. The fourth-order valence-corrected chi connectivity index (χ4v) is 2.83. The van der Waals surface area contributed by atoms with Crippen LogP contribution in [-0.2, 0) is 16.1 Å². The summed E-state index contributed by atoms with van der Waals surface area (Å²) in [6.07, 6.45) is 0.478. The number of carbonyl (C=O) groups is 3. The molecule has 0 aliphatic heterocycles. The van der Waals surface area contributed by atoms with E-state index >= 15 is 0 Å². The molecule has 3 aromatic rings. The van der Waals surface area contributed by atoms with Crippen LogP contribution in [0.25, 0.3) is 11.2 Å². The zero-order chi connectivity index (χ0) is 25.0. The number of aliphatic carboxylic acids is 2. The van der Waals surface area contributed by atoms with Gasteiger partial charge in [-0.2, -0.15) is 4.98 Å². The summed E-state index contributed by atoms with van der Waals surface area (Å²) in [4.78, 5) is 61.0. The van der Waals surface area contributed by atoms with Crippen LogP contribution in [0.5, 0.6) is 0 Å². The van der Waals surface area contributed by atoms with Crippen LogP contribution in [0.3, 0.4) is 0 Å². The molecule has 0 radical (unpaired) electrons. The van der Waals surface area contributed by atoms with Crippen LogP contribution in [0.4, 0.5) is 11.6 Å². The molecule has 0 fully saturated rings. The predicted octanol–water partition coefficient (Wildman–Crippen LogP) is -1.79. The van der Waals surface area contributed by atoms with Crippen molar-refractivity contribution in [3.63, 3.8) is 0 Å². The van der Waals surface area contributed by atoms with Crippen molar-refractivity contribution < 1.29 is 29.7 Å². The zero-order valence-corrected chi connectivity index (χ0v) is 17.3. The largest absolute Gasteiger partial charge is 0.480 e. The van der Waals surface area contributed by atoms with Crippen molar-refractivity contribution in [2.75, 3.05) is 11.1 Å². The maximum atomic E-state index is 12.4. The van der Waals surface area contributed by atoms with Gasteiger partial charge in [0.2, 0.25) is 11.7 Å². The summed E-state index contributed by atoms with van der Waals surface area (Å²) in [5.74, 6) is -4.28. The third-order valence-corrected chi connectivity index (χ3v) is 4.60. The van der Waals surface area contributed by atoms with Gasteiger partial charge < -0.3 is 31.7 Å². The Kier molecular flexibility index (Phi) is 6.69. The monoisotopic (exact) mass is 472 g/mol. The number of anilines is 2. The molecular formula is C19H20N8O7. The van der Waals surface area contributed by atoms with E-state index in [2.05, 4.69) is 30.6 Å². The molecule has 1 aromatic carbocycles. The molecule has 2 heterocycles. The van der Waals surface area contributed by atoms with Gasteiger partial charge in [0.15, 0.2) is 11.2 Å². The predicted molar refractivity (Wildman–Crippen MR) is 116 cm³/mol. The molecule has 0 bridgehead atoms. The summed E-state index contributed by atoms with van der Waals surface area (Å²) < 4.78 is 0. The van der Waals surface area contributed by atoms with Gasteiger partial charge in [-0.15, -0.1) is 0 Å². The number of aromatic nitrogens is 4. The lowest BCUT2D eigenvalue weighted by Crippen LogP contribution is -2.55. The molecule has 3 rings (SSSR count). The number of aromatic amines is 1. The first-order chi connectivity index (χ1) is 16.0. The standard InChI is InChI=1S/C19H20N8O7/c20-18-26-13-12(15(29)27-18)24-10(7-23-13)6-22-9-3-1-8(2-4-9)14(28)25-11(16(30)31)5-19(21,34)17(32)33/h1-4,7,11,22,34H,5-6,21H2,(H,25,28)(H,30,31)(H,32,33)(H3,20,23,26,27,29)/t11-,19?/m0/s1. The number of nitrogens with two attached hydrogens (primary N) is 2. The molecule has 10 N–H and O–H groups in total. The van der Waals surface area contributed by atoms with Crippen LogP contribution < -0.4 is 27.7 Å². The van der Waals surface area contributed by atoms with Crippen LogP contribution in [0, 0.1) is 0 Å². The van der Waals surface area contributed by atoms with E-state index in [9.17, 15) is 29.4 Å². The zero-order valence-electron chi connectivity index (χ0n) is 17.3. The molecule has 15 heteroatoms.